The van der Waals surface area contributed by atoms with Crippen LogP contribution >= 0.6 is 11.6 Å². The number of nitrogens with zero attached hydrogens (tertiary/aromatic N) is 2. The molecule has 0 spiro atoms. The molecule has 0 bridgehead atoms. The number of aromatic nitrogens is 3. The Balaban J connectivity index is 2.04. The molecule has 0 radical (unpaired) electrons. The molecule has 0 aliphatic carbocycles. The number of rotatable bonds is 2. The Hall–Kier alpha value is -2.21. The van der Waals surface area contributed by atoms with Crippen molar-refractivity contribution in [3.05, 3.63) is 47.1 Å². The molecular weight excluding hydrogens is 274 g/mol. The number of hydrogen-bond donors (Lipinski definition) is 2. The minimum atomic E-state index is -0.810. The molecule has 3 aromatic rings. The summed E-state index contributed by atoms with van der Waals surface area (Å²) in [4.78, 5) is 4.12. The smallest absolute Gasteiger partial charge is 0.178 e. The normalized spacial score (nSPS) is 10.9. The molecule has 0 saturated heterocycles. The standard InChI is InChI=1S/C12H7ClF2N4/c13-6-4-10(8(15)5-7(6)14)17-12-11-9(18-19-12)2-1-3-16-11/h1-5H,(H2,17,18,19). The molecule has 3 rings (SSSR count). The van der Waals surface area contributed by atoms with Crippen LogP contribution in [-0.2, 0) is 0 Å². The third-order valence-electron chi connectivity index (χ3n) is 2.58. The van der Waals surface area contributed by atoms with Gasteiger partial charge in [-0.15, -0.1) is 0 Å². The zero-order valence-corrected chi connectivity index (χ0v) is 10.2. The fraction of sp³-hybridized carbons (Fsp3) is 0. The quantitative estimate of drug-likeness (QED) is 0.705. The Morgan fingerprint density at radius 1 is 1.21 bits per heavy atom. The highest BCUT2D eigenvalue weighted by Crippen LogP contribution is 2.27. The van der Waals surface area contributed by atoms with Gasteiger partial charge in [0.05, 0.1) is 16.2 Å². The van der Waals surface area contributed by atoms with Gasteiger partial charge in [0.1, 0.15) is 17.2 Å². The summed E-state index contributed by atoms with van der Waals surface area (Å²) in [5.41, 5.74) is 1.30. The molecule has 0 unspecified atom stereocenters. The van der Waals surface area contributed by atoms with E-state index in [0.717, 1.165) is 6.07 Å². The number of nitrogens with one attached hydrogen (secondary N) is 2. The van der Waals surface area contributed by atoms with E-state index in [1.807, 2.05) is 0 Å². The molecule has 2 heterocycles. The van der Waals surface area contributed by atoms with Gasteiger partial charge in [0.25, 0.3) is 0 Å². The minimum absolute atomic E-state index is 0.0328. The van der Waals surface area contributed by atoms with E-state index in [0.29, 0.717) is 22.9 Å². The molecule has 1 aromatic carbocycles. The monoisotopic (exact) mass is 280 g/mol. The largest absolute Gasteiger partial charge is 0.334 e. The maximum absolute atomic E-state index is 13.6. The van der Waals surface area contributed by atoms with Crippen molar-refractivity contribution in [2.24, 2.45) is 0 Å². The van der Waals surface area contributed by atoms with Gasteiger partial charge in [-0.2, -0.15) is 5.10 Å². The Morgan fingerprint density at radius 2 is 2.05 bits per heavy atom. The highest BCUT2D eigenvalue weighted by Gasteiger charge is 2.12. The van der Waals surface area contributed by atoms with Crippen molar-refractivity contribution >= 4 is 34.1 Å². The fourth-order valence-corrected chi connectivity index (χ4v) is 1.85. The SMILES string of the molecule is Fc1cc(F)c(Nc2n[nH]c3cccnc23)cc1Cl. The summed E-state index contributed by atoms with van der Waals surface area (Å²) in [7, 11) is 0. The Morgan fingerprint density at radius 3 is 2.89 bits per heavy atom. The Labute approximate surface area is 111 Å². The third-order valence-corrected chi connectivity index (χ3v) is 2.87. The van der Waals surface area contributed by atoms with Crippen LogP contribution in [0.25, 0.3) is 11.0 Å². The van der Waals surface area contributed by atoms with Crippen LogP contribution in [-0.4, -0.2) is 15.2 Å². The summed E-state index contributed by atoms with van der Waals surface area (Å²) in [6.45, 7) is 0. The maximum Gasteiger partial charge on any atom is 0.178 e. The van der Waals surface area contributed by atoms with E-state index in [9.17, 15) is 8.78 Å². The number of fused-ring (bicyclic) bond motifs is 1. The van der Waals surface area contributed by atoms with Gasteiger partial charge in [0.2, 0.25) is 0 Å². The Kier molecular flexibility index (Phi) is 2.79. The zero-order valence-electron chi connectivity index (χ0n) is 9.42. The predicted molar refractivity (Wildman–Crippen MR) is 68.5 cm³/mol. The van der Waals surface area contributed by atoms with Crippen LogP contribution in [0.2, 0.25) is 5.02 Å². The summed E-state index contributed by atoms with van der Waals surface area (Å²) in [5, 5.41) is 9.29. The highest BCUT2D eigenvalue weighted by atomic mass is 35.5. The lowest BCUT2D eigenvalue weighted by Gasteiger charge is -2.06. The summed E-state index contributed by atoms with van der Waals surface area (Å²) in [6, 6.07) is 5.41. The van der Waals surface area contributed by atoms with Crippen LogP contribution < -0.4 is 5.32 Å². The molecule has 0 amide bonds. The van der Waals surface area contributed by atoms with Crippen molar-refractivity contribution in [1.82, 2.24) is 15.2 Å². The number of pyridine rings is 1. The Bertz CT molecular complexity index is 757. The van der Waals surface area contributed by atoms with E-state index in [1.165, 1.54) is 0 Å². The van der Waals surface area contributed by atoms with Gasteiger partial charge in [0, 0.05) is 12.3 Å². The first kappa shape index (κ1) is 11.9. The van der Waals surface area contributed by atoms with Crippen LogP contribution in [0.15, 0.2) is 30.5 Å². The molecule has 4 nitrogen and oxygen atoms in total. The number of benzene rings is 1. The molecular formula is C12H7ClF2N4. The summed E-state index contributed by atoms with van der Waals surface area (Å²) >= 11 is 5.62. The van der Waals surface area contributed by atoms with Gasteiger partial charge in [-0.25, -0.2) is 8.78 Å². The highest BCUT2D eigenvalue weighted by molar-refractivity contribution is 6.31. The molecule has 7 heteroatoms. The van der Waals surface area contributed by atoms with Gasteiger partial charge in [0.15, 0.2) is 5.82 Å². The van der Waals surface area contributed by atoms with Gasteiger partial charge in [-0.1, -0.05) is 11.6 Å². The fourth-order valence-electron chi connectivity index (χ4n) is 1.69. The maximum atomic E-state index is 13.6. The van der Waals surface area contributed by atoms with Crippen molar-refractivity contribution in [2.45, 2.75) is 0 Å². The predicted octanol–water partition coefficient (Wildman–Crippen LogP) is 3.63. The second-order valence-corrected chi connectivity index (χ2v) is 4.25. The molecule has 0 fully saturated rings. The lowest BCUT2D eigenvalue weighted by molar-refractivity contribution is 0.586. The van der Waals surface area contributed by atoms with E-state index in [-0.39, 0.29) is 10.7 Å². The average molecular weight is 281 g/mol. The van der Waals surface area contributed by atoms with Crippen molar-refractivity contribution in [3.8, 4) is 0 Å². The second-order valence-electron chi connectivity index (χ2n) is 3.84. The van der Waals surface area contributed by atoms with Gasteiger partial charge < -0.3 is 5.32 Å². The molecule has 0 saturated carbocycles. The van der Waals surface area contributed by atoms with Crippen LogP contribution in [0.5, 0.6) is 0 Å². The van der Waals surface area contributed by atoms with E-state index in [4.69, 9.17) is 11.6 Å². The lowest BCUT2D eigenvalue weighted by atomic mass is 10.3. The first-order chi connectivity index (χ1) is 9.15. The zero-order chi connectivity index (χ0) is 13.4. The van der Waals surface area contributed by atoms with Crippen LogP contribution in [0, 0.1) is 11.6 Å². The van der Waals surface area contributed by atoms with Crippen molar-refractivity contribution in [2.75, 3.05) is 5.32 Å². The van der Waals surface area contributed by atoms with Gasteiger partial charge >= 0.3 is 0 Å². The number of anilines is 2. The van der Waals surface area contributed by atoms with E-state index < -0.39 is 11.6 Å². The molecule has 0 atom stereocenters. The first-order valence-electron chi connectivity index (χ1n) is 5.36. The number of H-pyrrole nitrogens is 1. The molecule has 0 aliphatic rings. The topological polar surface area (TPSA) is 53.6 Å². The number of aromatic amines is 1. The molecule has 2 aromatic heterocycles. The van der Waals surface area contributed by atoms with Gasteiger partial charge in [-0.3, -0.25) is 10.1 Å². The first-order valence-corrected chi connectivity index (χ1v) is 5.73. The molecule has 2 N–H and O–H groups in total. The van der Waals surface area contributed by atoms with E-state index in [1.54, 1.807) is 18.3 Å². The van der Waals surface area contributed by atoms with Crippen LogP contribution in [0.3, 0.4) is 0 Å². The van der Waals surface area contributed by atoms with E-state index >= 15 is 0 Å². The number of hydrogen-bond acceptors (Lipinski definition) is 3. The van der Waals surface area contributed by atoms with Crippen molar-refractivity contribution in [1.29, 1.82) is 0 Å². The molecule has 0 aliphatic heterocycles. The van der Waals surface area contributed by atoms with E-state index in [2.05, 4.69) is 20.5 Å². The van der Waals surface area contributed by atoms with Crippen LogP contribution in [0.1, 0.15) is 0 Å². The minimum Gasteiger partial charge on any atom is -0.334 e. The van der Waals surface area contributed by atoms with Crippen molar-refractivity contribution < 1.29 is 8.78 Å². The lowest BCUT2D eigenvalue weighted by Crippen LogP contribution is -1.96. The summed E-state index contributed by atoms with van der Waals surface area (Å²) in [5.74, 6) is -1.22. The molecule has 96 valence electrons. The molecule has 19 heavy (non-hydrogen) atoms. The van der Waals surface area contributed by atoms with Gasteiger partial charge in [-0.05, 0) is 18.2 Å². The van der Waals surface area contributed by atoms with Crippen molar-refractivity contribution in [3.63, 3.8) is 0 Å². The van der Waals surface area contributed by atoms with Crippen LogP contribution in [0.4, 0.5) is 20.3 Å². The number of halogens is 3. The average Bonchev–Trinajstić information content (AvgIpc) is 2.80. The summed E-state index contributed by atoms with van der Waals surface area (Å²) in [6.07, 6.45) is 1.59. The second kappa shape index (κ2) is 4.47. The third kappa shape index (κ3) is 2.10. The summed E-state index contributed by atoms with van der Waals surface area (Å²) < 4.78 is 26.7.